The van der Waals surface area contributed by atoms with Gasteiger partial charge in [0.05, 0.1) is 25.2 Å². The van der Waals surface area contributed by atoms with Crippen molar-refractivity contribution >= 4 is 17.6 Å². The zero-order valence-corrected chi connectivity index (χ0v) is 17.7. The Kier molecular flexibility index (Phi) is 7.40. The van der Waals surface area contributed by atoms with Gasteiger partial charge in [0.15, 0.2) is 11.5 Å². The summed E-state index contributed by atoms with van der Waals surface area (Å²) < 4.78 is 11.5. The third-order valence-electron chi connectivity index (χ3n) is 5.21. The smallest absolute Gasteiger partial charge is 0.307 e. The summed E-state index contributed by atoms with van der Waals surface area (Å²) in [6.07, 6.45) is 1.56. The van der Waals surface area contributed by atoms with Gasteiger partial charge in [-0.1, -0.05) is 29.8 Å². The average molecular weight is 418 g/mol. The average Bonchev–Trinajstić information content (AvgIpc) is 2.71. The van der Waals surface area contributed by atoms with Crippen molar-refractivity contribution in [2.45, 2.75) is 32.7 Å². The van der Waals surface area contributed by atoms with E-state index in [0.29, 0.717) is 42.7 Å². The first-order valence-corrected chi connectivity index (χ1v) is 10.5. The number of nitrogens with zero attached hydrogens (tertiary/aromatic N) is 1. The molecule has 5 nitrogen and oxygen atoms in total. The Hall–Kier alpha value is -2.24. The summed E-state index contributed by atoms with van der Waals surface area (Å²) >= 11 is 6.28. The Morgan fingerprint density at radius 2 is 1.86 bits per heavy atom. The summed E-state index contributed by atoms with van der Waals surface area (Å²) in [5.41, 5.74) is 2.07. The first-order valence-electron chi connectivity index (χ1n) is 10.1. The highest BCUT2D eigenvalue weighted by Gasteiger charge is 2.31. The van der Waals surface area contributed by atoms with E-state index in [4.69, 9.17) is 21.1 Å². The van der Waals surface area contributed by atoms with Crippen LogP contribution in [0.25, 0.3) is 0 Å². The Labute approximate surface area is 177 Å². The summed E-state index contributed by atoms with van der Waals surface area (Å²) in [6, 6.07) is 13.6. The van der Waals surface area contributed by atoms with Crippen molar-refractivity contribution in [1.29, 1.82) is 0 Å². The number of rotatable bonds is 8. The van der Waals surface area contributed by atoms with Crippen molar-refractivity contribution in [3.8, 4) is 11.5 Å². The first-order chi connectivity index (χ1) is 14.0. The monoisotopic (exact) mass is 417 g/mol. The summed E-state index contributed by atoms with van der Waals surface area (Å²) in [5, 5.41) is 10.2. The molecule has 0 saturated carbocycles. The van der Waals surface area contributed by atoms with E-state index in [1.165, 1.54) is 0 Å². The number of ether oxygens (including phenoxy) is 2. The molecule has 0 aromatic heterocycles. The lowest BCUT2D eigenvalue weighted by Crippen LogP contribution is -2.41. The molecule has 1 heterocycles. The van der Waals surface area contributed by atoms with Crippen molar-refractivity contribution in [2.75, 3.05) is 26.3 Å². The molecule has 2 unspecified atom stereocenters. The minimum atomic E-state index is -0.735. The molecule has 1 N–H and O–H groups in total. The predicted molar refractivity (Wildman–Crippen MR) is 114 cm³/mol. The van der Waals surface area contributed by atoms with Gasteiger partial charge in [0.2, 0.25) is 0 Å². The minimum absolute atomic E-state index is 0.106. The second-order valence-corrected chi connectivity index (χ2v) is 7.64. The van der Waals surface area contributed by atoms with Crippen molar-refractivity contribution < 1.29 is 19.4 Å². The van der Waals surface area contributed by atoms with Gasteiger partial charge in [-0.3, -0.25) is 9.69 Å². The van der Waals surface area contributed by atoms with Gasteiger partial charge in [0.25, 0.3) is 0 Å². The zero-order valence-electron chi connectivity index (χ0n) is 16.9. The standard InChI is InChI=1S/C23H28ClNO4/c1-3-28-20-11-10-17(14-21(20)29-4-2)22(16-7-5-9-19(24)13-16)25-12-6-8-18(15-25)23(26)27/h5,7,9-11,13-14,18,22H,3-4,6,8,12,15H2,1-2H3,(H,26,27). The van der Waals surface area contributed by atoms with Gasteiger partial charge in [0.1, 0.15) is 0 Å². The van der Waals surface area contributed by atoms with Crippen LogP contribution in [0.2, 0.25) is 5.02 Å². The van der Waals surface area contributed by atoms with Gasteiger partial charge in [-0.15, -0.1) is 0 Å². The Bertz CT molecular complexity index is 841. The molecule has 0 amide bonds. The lowest BCUT2D eigenvalue weighted by Gasteiger charge is -2.37. The third-order valence-corrected chi connectivity index (χ3v) is 5.45. The summed E-state index contributed by atoms with van der Waals surface area (Å²) in [7, 11) is 0. The molecule has 1 aliphatic heterocycles. The lowest BCUT2D eigenvalue weighted by molar-refractivity contribution is -0.143. The predicted octanol–water partition coefficient (Wildman–Crippen LogP) is 5.02. The van der Waals surface area contributed by atoms with E-state index in [9.17, 15) is 9.90 Å². The zero-order chi connectivity index (χ0) is 20.8. The largest absolute Gasteiger partial charge is 0.490 e. The molecule has 1 aliphatic rings. The van der Waals surface area contributed by atoms with E-state index in [-0.39, 0.29) is 12.0 Å². The number of carboxylic acids is 1. The maximum absolute atomic E-state index is 11.6. The van der Waals surface area contributed by atoms with Crippen molar-refractivity contribution in [2.24, 2.45) is 5.92 Å². The van der Waals surface area contributed by atoms with Crippen molar-refractivity contribution in [3.63, 3.8) is 0 Å². The fourth-order valence-corrected chi connectivity index (χ4v) is 4.17. The Morgan fingerprint density at radius 1 is 1.14 bits per heavy atom. The van der Waals surface area contributed by atoms with Crippen LogP contribution < -0.4 is 9.47 Å². The molecular weight excluding hydrogens is 390 g/mol. The molecule has 3 rings (SSSR count). The fraction of sp³-hybridized carbons (Fsp3) is 0.435. The molecule has 156 valence electrons. The van der Waals surface area contributed by atoms with Gasteiger partial charge >= 0.3 is 5.97 Å². The molecule has 2 atom stereocenters. The number of benzene rings is 2. The molecule has 2 aromatic carbocycles. The lowest BCUT2D eigenvalue weighted by atomic mass is 9.91. The van der Waals surface area contributed by atoms with Crippen LogP contribution in [0.3, 0.4) is 0 Å². The number of piperidine rings is 1. The highest BCUT2D eigenvalue weighted by Crippen LogP contribution is 2.38. The van der Waals surface area contributed by atoms with E-state index in [0.717, 1.165) is 24.1 Å². The molecule has 0 aliphatic carbocycles. The minimum Gasteiger partial charge on any atom is -0.490 e. The highest BCUT2D eigenvalue weighted by molar-refractivity contribution is 6.30. The molecule has 1 fully saturated rings. The third kappa shape index (κ3) is 5.22. The van der Waals surface area contributed by atoms with Crippen LogP contribution in [-0.4, -0.2) is 42.3 Å². The van der Waals surface area contributed by atoms with Gasteiger partial charge < -0.3 is 14.6 Å². The second-order valence-electron chi connectivity index (χ2n) is 7.20. The Morgan fingerprint density at radius 3 is 2.55 bits per heavy atom. The van der Waals surface area contributed by atoms with Gasteiger partial charge in [-0.2, -0.15) is 0 Å². The molecule has 1 saturated heterocycles. The van der Waals surface area contributed by atoms with Crippen molar-refractivity contribution in [1.82, 2.24) is 4.90 Å². The summed E-state index contributed by atoms with van der Waals surface area (Å²) in [4.78, 5) is 13.9. The molecular formula is C23H28ClNO4. The summed E-state index contributed by atoms with van der Waals surface area (Å²) in [5.74, 6) is 0.316. The number of aliphatic carboxylic acids is 1. The quantitative estimate of drug-likeness (QED) is 0.653. The van der Waals surface area contributed by atoms with Gasteiger partial charge in [-0.25, -0.2) is 0 Å². The number of carboxylic acid groups (broad SMARTS) is 1. The van der Waals surface area contributed by atoms with E-state index >= 15 is 0 Å². The van der Waals surface area contributed by atoms with E-state index in [1.54, 1.807) is 0 Å². The van der Waals surface area contributed by atoms with Crippen LogP contribution >= 0.6 is 11.6 Å². The fourth-order valence-electron chi connectivity index (χ4n) is 3.97. The molecule has 0 bridgehead atoms. The van der Waals surface area contributed by atoms with Crippen LogP contribution in [0.1, 0.15) is 43.9 Å². The molecule has 29 heavy (non-hydrogen) atoms. The SMILES string of the molecule is CCOc1ccc(C(c2cccc(Cl)c2)N2CCCC(C(=O)O)C2)cc1OCC. The van der Waals surface area contributed by atoms with Crippen LogP contribution in [0.15, 0.2) is 42.5 Å². The normalized spacial score (nSPS) is 18.2. The van der Waals surface area contributed by atoms with Crippen LogP contribution in [0.5, 0.6) is 11.5 Å². The Balaban J connectivity index is 2.03. The topological polar surface area (TPSA) is 59.0 Å². The summed E-state index contributed by atoms with van der Waals surface area (Å²) in [6.45, 7) is 6.32. The van der Waals surface area contributed by atoms with Gasteiger partial charge in [0, 0.05) is 11.6 Å². The number of hydrogen-bond acceptors (Lipinski definition) is 4. The van der Waals surface area contributed by atoms with E-state index < -0.39 is 5.97 Å². The molecule has 0 spiro atoms. The molecule has 0 radical (unpaired) electrons. The second kappa shape index (κ2) is 9.99. The maximum Gasteiger partial charge on any atom is 0.307 e. The number of likely N-dealkylation sites (tertiary alicyclic amines) is 1. The van der Waals surface area contributed by atoms with E-state index in [1.807, 2.05) is 56.3 Å². The maximum atomic E-state index is 11.6. The van der Waals surface area contributed by atoms with Gasteiger partial charge in [-0.05, 0) is 68.6 Å². The van der Waals surface area contributed by atoms with Crippen LogP contribution in [-0.2, 0) is 4.79 Å². The number of carbonyl (C=O) groups is 1. The highest BCUT2D eigenvalue weighted by atomic mass is 35.5. The van der Waals surface area contributed by atoms with Crippen molar-refractivity contribution in [3.05, 3.63) is 58.6 Å². The van der Waals surface area contributed by atoms with Crippen LogP contribution in [0, 0.1) is 5.92 Å². The number of hydrogen-bond donors (Lipinski definition) is 1. The van der Waals surface area contributed by atoms with Crippen LogP contribution in [0.4, 0.5) is 0 Å². The van der Waals surface area contributed by atoms with E-state index in [2.05, 4.69) is 4.90 Å². The molecule has 2 aromatic rings. The number of halogens is 1. The first kappa shape index (κ1) is 21.5. The molecule has 6 heteroatoms.